The third-order valence-corrected chi connectivity index (χ3v) is 3.82. The Morgan fingerprint density at radius 1 is 1.28 bits per heavy atom. The van der Waals surface area contributed by atoms with Crippen molar-refractivity contribution in [2.24, 2.45) is 4.99 Å². The van der Waals surface area contributed by atoms with Gasteiger partial charge in [0.1, 0.15) is 5.82 Å². The highest BCUT2D eigenvalue weighted by Crippen LogP contribution is 2.27. The summed E-state index contributed by atoms with van der Waals surface area (Å²) in [6, 6.07) is 12.1. The molecule has 0 spiro atoms. The van der Waals surface area contributed by atoms with Gasteiger partial charge in [0, 0.05) is 36.0 Å². The van der Waals surface area contributed by atoms with Gasteiger partial charge in [0.15, 0.2) is 5.88 Å². The average Bonchev–Trinajstić information content (AvgIpc) is 2.89. The van der Waals surface area contributed by atoms with E-state index in [0.29, 0.717) is 23.1 Å². The van der Waals surface area contributed by atoms with Crippen molar-refractivity contribution in [2.75, 3.05) is 19.0 Å². The van der Waals surface area contributed by atoms with Crippen LogP contribution in [0.4, 0.5) is 15.8 Å². The van der Waals surface area contributed by atoms with Gasteiger partial charge in [-0.15, -0.1) is 0 Å². The highest BCUT2D eigenvalue weighted by molar-refractivity contribution is 6.02. The summed E-state index contributed by atoms with van der Waals surface area (Å²) in [5.41, 5.74) is 2.83. The Balaban J connectivity index is 1.78. The lowest BCUT2D eigenvalue weighted by molar-refractivity contribution is 0.190. The number of rotatable bonds is 6. The van der Waals surface area contributed by atoms with Crippen molar-refractivity contribution < 1.29 is 14.2 Å². The Morgan fingerprint density at radius 3 is 2.76 bits per heavy atom. The van der Waals surface area contributed by atoms with Crippen molar-refractivity contribution in [2.45, 2.75) is 13.0 Å². The van der Waals surface area contributed by atoms with Crippen molar-refractivity contribution in [3.63, 3.8) is 0 Å². The molecule has 25 heavy (non-hydrogen) atoms. The van der Waals surface area contributed by atoms with Gasteiger partial charge in [0.2, 0.25) is 0 Å². The van der Waals surface area contributed by atoms with Crippen molar-refractivity contribution in [3.05, 3.63) is 53.8 Å². The number of nitrogens with one attached hydrogen (secondary N) is 2. The van der Waals surface area contributed by atoms with Gasteiger partial charge in [-0.25, -0.2) is 4.39 Å². The molecular weight excluding hydrogens is 321 g/mol. The van der Waals surface area contributed by atoms with E-state index >= 15 is 0 Å². The maximum absolute atomic E-state index is 13.4. The molecule has 3 rings (SSSR count). The molecular formula is C19H20FN3O2. The summed E-state index contributed by atoms with van der Waals surface area (Å²) in [6.07, 6.45) is 1.53. The number of aromatic amines is 1. The largest absolute Gasteiger partial charge is 0.494 e. The van der Waals surface area contributed by atoms with E-state index in [0.717, 1.165) is 11.4 Å². The predicted molar refractivity (Wildman–Crippen MR) is 98.6 cm³/mol. The Morgan fingerprint density at radius 2 is 2.04 bits per heavy atom. The van der Waals surface area contributed by atoms with Crippen LogP contribution in [0.2, 0.25) is 0 Å². The number of H-pyrrole nitrogens is 1. The maximum Gasteiger partial charge on any atom is 0.198 e. The lowest BCUT2D eigenvalue weighted by atomic mass is 10.2. The zero-order valence-electron chi connectivity index (χ0n) is 14.1. The number of aromatic hydroxyl groups is 1. The molecule has 0 fully saturated rings. The van der Waals surface area contributed by atoms with Gasteiger partial charge in [-0.1, -0.05) is 0 Å². The number of methoxy groups -OCH3 is 1. The Kier molecular flexibility index (Phi) is 5.00. The second-order valence-electron chi connectivity index (χ2n) is 5.88. The van der Waals surface area contributed by atoms with E-state index < -0.39 is 0 Å². The molecule has 6 heteroatoms. The zero-order chi connectivity index (χ0) is 17.8. The standard InChI is InChI=1S/C19H20FN3O2/c1-12(11-25-2)22-15-6-4-14(5-7-15)21-10-17-16-9-13(20)3-8-18(16)23-19(17)24/h3-10,12,22-24H,11H2,1-2H3. The molecule has 0 aliphatic rings. The number of aromatic nitrogens is 1. The molecule has 0 aliphatic carbocycles. The van der Waals surface area contributed by atoms with Gasteiger partial charge in [-0.2, -0.15) is 0 Å². The first-order valence-electron chi connectivity index (χ1n) is 7.96. The maximum atomic E-state index is 13.4. The number of fused-ring (bicyclic) bond motifs is 1. The Labute approximate surface area is 145 Å². The van der Waals surface area contributed by atoms with Crippen LogP contribution in [-0.2, 0) is 4.74 Å². The van der Waals surface area contributed by atoms with E-state index in [2.05, 4.69) is 15.3 Å². The van der Waals surface area contributed by atoms with Crippen molar-refractivity contribution in [1.29, 1.82) is 0 Å². The molecule has 2 aromatic carbocycles. The predicted octanol–water partition coefficient (Wildman–Crippen LogP) is 4.21. The summed E-state index contributed by atoms with van der Waals surface area (Å²) >= 11 is 0. The smallest absolute Gasteiger partial charge is 0.198 e. The first kappa shape index (κ1) is 17.0. The second kappa shape index (κ2) is 7.36. The van der Waals surface area contributed by atoms with Gasteiger partial charge < -0.3 is 20.1 Å². The number of hydrogen-bond donors (Lipinski definition) is 3. The first-order chi connectivity index (χ1) is 12.1. The van der Waals surface area contributed by atoms with Gasteiger partial charge in [-0.3, -0.25) is 4.99 Å². The quantitative estimate of drug-likeness (QED) is 0.588. The summed E-state index contributed by atoms with van der Waals surface area (Å²) in [4.78, 5) is 7.17. The third-order valence-electron chi connectivity index (χ3n) is 3.82. The first-order valence-corrected chi connectivity index (χ1v) is 7.96. The van der Waals surface area contributed by atoms with E-state index in [4.69, 9.17) is 4.74 Å². The fraction of sp³-hybridized carbons (Fsp3) is 0.211. The molecule has 130 valence electrons. The van der Waals surface area contributed by atoms with E-state index in [9.17, 15) is 9.50 Å². The molecule has 0 amide bonds. The number of benzene rings is 2. The molecule has 3 aromatic rings. The highest BCUT2D eigenvalue weighted by atomic mass is 19.1. The summed E-state index contributed by atoms with van der Waals surface area (Å²) < 4.78 is 18.5. The highest BCUT2D eigenvalue weighted by Gasteiger charge is 2.09. The van der Waals surface area contributed by atoms with Gasteiger partial charge in [0.05, 0.1) is 17.9 Å². The minimum Gasteiger partial charge on any atom is -0.494 e. The van der Waals surface area contributed by atoms with Crippen LogP contribution in [0.5, 0.6) is 5.88 Å². The fourth-order valence-electron chi connectivity index (χ4n) is 2.66. The average molecular weight is 341 g/mol. The van der Waals surface area contributed by atoms with Crippen LogP contribution in [0.1, 0.15) is 12.5 Å². The van der Waals surface area contributed by atoms with E-state index in [-0.39, 0.29) is 17.7 Å². The monoisotopic (exact) mass is 341 g/mol. The zero-order valence-corrected chi connectivity index (χ0v) is 14.1. The van der Waals surface area contributed by atoms with E-state index in [1.54, 1.807) is 13.2 Å². The number of anilines is 1. The Bertz CT molecular complexity index is 888. The number of aliphatic imine (C=N–C) groups is 1. The SMILES string of the molecule is COCC(C)Nc1ccc(N=Cc2c(O)[nH]c3ccc(F)cc23)cc1. The van der Waals surface area contributed by atoms with Crippen molar-refractivity contribution >= 4 is 28.5 Å². The normalized spacial score (nSPS) is 12.8. The minimum absolute atomic E-state index is 0.0315. The van der Waals surface area contributed by atoms with Crippen LogP contribution in [0.15, 0.2) is 47.5 Å². The van der Waals surface area contributed by atoms with Crippen LogP contribution >= 0.6 is 0 Å². The summed E-state index contributed by atoms with van der Waals surface area (Å²) in [7, 11) is 1.67. The van der Waals surface area contributed by atoms with E-state index in [1.807, 2.05) is 31.2 Å². The lowest BCUT2D eigenvalue weighted by Gasteiger charge is -2.13. The molecule has 1 aromatic heterocycles. The van der Waals surface area contributed by atoms with Crippen molar-refractivity contribution in [1.82, 2.24) is 4.98 Å². The van der Waals surface area contributed by atoms with Crippen molar-refractivity contribution in [3.8, 4) is 5.88 Å². The molecule has 5 nitrogen and oxygen atoms in total. The van der Waals surface area contributed by atoms with Crippen LogP contribution < -0.4 is 5.32 Å². The second-order valence-corrected chi connectivity index (χ2v) is 5.88. The molecule has 0 saturated heterocycles. The van der Waals surface area contributed by atoms with E-state index in [1.165, 1.54) is 18.3 Å². The lowest BCUT2D eigenvalue weighted by Crippen LogP contribution is -2.20. The van der Waals surface area contributed by atoms with Crippen LogP contribution in [0.25, 0.3) is 10.9 Å². The molecule has 3 N–H and O–H groups in total. The number of halogens is 1. The molecule has 0 aliphatic heterocycles. The summed E-state index contributed by atoms with van der Waals surface area (Å²) in [5, 5.41) is 13.9. The van der Waals surface area contributed by atoms with Crippen LogP contribution in [0, 0.1) is 5.82 Å². The third kappa shape index (κ3) is 3.97. The van der Waals surface area contributed by atoms with Crippen LogP contribution in [0.3, 0.4) is 0 Å². The van der Waals surface area contributed by atoms with Crippen LogP contribution in [-0.4, -0.2) is 36.1 Å². The molecule has 0 radical (unpaired) electrons. The Hall–Kier alpha value is -2.86. The molecule has 1 unspecified atom stereocenters. The summed E-state index contributed by atoms with van der Waals surface area (Å²) in [5.74, 6) is -0.391. The molecule has 1 atom stereocenters. The molecule has 0 saturated carbocycles. The van der Waals surface area contributed by atoms with Gasteiger partial charge >= 0.3 is 0 Å². The minimum atomic E-state index is -0.359. The molecule has 1 heterocycles. The topological polar surface area (TPSA) is 69.6 Å². The number of hydrogen-bond acceptors (Lipinski definition) is 4. The fourth-order valence-corrected chi connectivity index (χ4v) is 2.66. The summed E-state index contributed by atoms with van der Waals surface area (Å²) in [6.45, 7) is 2.66. The molecule has 0 bridgehead atoms. The number of nitrogens with zero attached hydrogens (tertiary/aromatic N) is 1. The van der Waals surface area contributed by atoms with Gasteiger partial charge in [0.25, 0.3) is 0 Å². The number of ether oxygens (including phenoxy) is 1. The van der Waals surface area contributed by atoms with Gasteiger partial charge in [-0.05, 0) is 49.4 Å².